The highest BCUT2D eigenvalue weighted by Gasteiger charge is 2.32. The van der Waals surface area contributed by atoms with Crippen molar-refractivity contribution in [3.8, 4) is 0 Å². The first-order valence-corrected chi connectivity index (χ1v) is 5.92. The van der Waals surface area contributed by atoms with E-state index >= 15 is 0 Å². The van der Waals surface area contributed by atoms with E-state index in [0.29, 0.717) is 5.41 Å². The Bertz CT molecular complexity index is 175. The van der Waals surface area contributed by atoms with Gasteiger partial charge in [0.05, 0.1) is 6.61 Å². The third-order valence-electron chi connectivity index (χ3n) is 3.11. The highest BCUT2D eigenvalue weighted by molar-refractivity contribution is 4.88. The second kappa shape index (κ2) is 5.28. The maximum Gasteiger partial charge on any atom is 0.0531 e. The lowest BCUT2D eigenvalue weighted by Gasteiger charge is -2.39. The molecule has 15 heavy (non-hydrogen) atoms. The monoisotopic (exact) mass is 214 g/mol. The Labute approximate surface area is 94.0 Å². The highest BCUT2D eigenvalue weighted by Crippen LogP contribution is 2.28. The predicted molar refractivity (Wildman–Crippen MR) is 64.2 cm³/mol. The van der Waals surface area contributed by atoms with Crippen LogP contribution >= 0.6 is 0 Å². The van der Waals surface area contributed by atoms with Crippen molar-refractivity contribution in [3.05, 3.63) is 0 Å². The number of nitrogens with one attached hydrogen (secondary N) is 2. The lowest BCUT2D eigenvalue weighted by molar-refractivity contribution is 0.0489. The zero-order valence-corrected chi connectivity index (χ0v) is 10.7. The Morgan fingerprint density at radius 3 is 2.33 bits per heavy atom. The van der Waals surface area contributed by atoms with E-state index < -0.39 is 0 Å². The molecular formula is C12H26N2O. The van der Waals surface area contributed by atoms with Crippen molar-refractivity contribution in [2.24, 2.45) is 5.41 Å². The van der Waals surface area contributed by atoms with Crippen molar-refractivity contribution in [1.29, 1.82) is 0 Å². The first-order valence-electron chi connectivity index (χ1n) is 5.92. The minimum absolute atomic E-state index is 0.200. The van der Waals surface area contributed by atoms with Gasteiger partial charge in [-0.3, -0.25) is 0 Å². The number of hydrogen-bond donors (Lipinski definition) is 2. The number of hydrogen-bond acceptors (Lipinski definition) is 3. The molecule has 2 N–H and O–H groups in total. The van der Waals surface area contributed by atoms with Gasteiger partial charge in [-0.2, -0.15) is 0 Å². The SMILES string of the molecule is COCC1(CNC(C)(C)C)CCNCC1. The molecule has 0 saturated carbocycles. The summed E-state index contributed by atoms with van der Waals surface area (Å²) in [6.07, 6.45) is 2.42. The molecule has 0 unspecified atom stereocenters. The molecule has 0 aromatic heterocycles. The summed E-state index contributed by atoms with van der Waals surface area (Å²) in [5.41, 5.74) is 0.541. The molecule has 0 amide bonds. The summed E-state index contributed by atoms with van der Waals surface area (Å²) in [6.45, 7) is 10.8. The molecule has 1 aliphatic rings. The molecular weight excluding hydrogens is 188 g/mol. The van der Waals surface area contributed by atoms with Crippen LogP contribution in [0.4, 0.5) is 0 Å². The standard InChI is InChI=1S/C12H26N2O/c1-11(2,3)14-9-12(10-15-4)5-7-13-8-6-12/h13-14H,5-10H2,1-4H3. The Balaban J connectivity index is 2.48. The van der Waals surface area contributed by atoms with E-state index in [0.717, 1.165) is 26.2 Å². The first-order chi connectivity index (χ1) is 6.97. The molecule has 1 rings (SSSR count). The van der Waals surface area contributed by atoms with Crippen LogP contribution in [0.15, 0.2) is 0 Å². The number of ether oxygens (including phenoxy) is 1. The molecule has 0 atom stereocenters. The van der Waals surface area contributed by atoms with Crippen LogP contribution in [0.5, 0.6) is 0 Å². The summed E-state index contributed by atoms with van der Waals surface area (Å²) in [5, 5.41) is 7.02. The van der Waals surface area contributed by atoms with Crippen molar-refractivity contribution < 1.29 is 4.74 Å². The summed E-state index contributed by atoms with van der Waals surface area (Å²) < 4.78 is 5.38. The van der Waals surface area contributed by atoms with E-state index in [-0.39, 0.29) is 5.54 Å². The molecule has 0 spiro atoms. The molecule has 0 bridgehead atoms. The fourth-order valence-electron chi connectivity index (χ4n) is 2.09. The lowest BCUT2D eigenvalue weighted by Crippen LogP contribution is -2.50. The molecule has 1 saturated heterocycles. The summed E-state index contributed by atoms with van der Waals surface area (Å²) in [6, 6.07) is 0. The summed E-state index contributed by atoms with van der Waals surface area (Å²) in [4.78, 5) is 0. The van der Waals surface area contributed by atoms with Gasteiger partial charge in [0, 0.05) is 24.6 Å². The van der Waals surface area contributed by atoms with E-state index in [1.54, 1.807) is 7.11 Å². The van der Waals surface area contributed by atoms with Gasteiger partial charge in [0.1, 0.15) is 0 Å². The van der Waals surface area contributed by atoms with Crippen LogP contribution in [-0.4, -0.2) is 38.9 Å². The zero-order valence-electron chi connectivity index (χ0n) is 10.7. The molecule has 3 nitrogen and oxygen atoms in total. The van der Waals surface area contributed by atoms with Crippen LogP contribution in [0, 0.1) is 5.41 Å². The molecule has 1 heterocycles. The van der Waals surface area contributed by atoms with Gasteiger partial charge < -0.3 is 15.4 Å². The summed E-state index contributed by atoms with van der Waals surface area (Å²) in [7, 11) is 1.81. The maximum absolute atomic E-state index is 5.38. The van der Waals surface area contributed by atoms with Crippen LogP contribution in [0.25, 0.3) is 0 Å². The number of methoxy groups -OCH3 is 1. The second-order valence-electron chi connectivity index (χ2n) is 5.79. The Hall–Kier alpha value is -0.120. The van der Waals surface area contributed by atoms with Gasteiger partial charge in [-0.15, -0.1) is 0 Å². The normalized spacial score (nSPS) is 21.6. The van der Waals surface area contributed by atoms with Crippen molar-refractivity contribution in [2.45, 2.75) is 39.2 Å². The van der Waals surface area contributed by atoms with Crippen LogP contribution in [0.2, 0.25) is 0 Å². The van der Waals surface area contributed by atoms with Gasteiger partial charge in [0.2, 0.25) is 0 Å². The fourth-order valence-corrected chi connectivity index (χ4v) is 2.09. The highest BCUT2D eigenvalue weighted by atomic mass is 16.5. The van der Waals surface area contributed by atoms with Crippen LogP contribution in [0.1, 0.15) is 33.6 Å². The van der Waals surface area contributed by atoms with Crippen LogP contribution < -0.4 is 10.6 Å². The average molecular weight is 214 g/mol. The minimum Gasteiger partial charge on any atom is -0.384 e. The van der Waals surface area contributed by atoms with E-state index in [1.807, 2.05) is 0 Å². The van der Waals surface area contributed by atoms with Crippen molar-refractivity contribution in [2.75, 3.05) is 33.4 Å². The Kier molecular flexibility index (Phi) is 4.56. The van der Waals surface area contributed by atoms with E-state index in [9.17, 15) is 0 Å². The largest absolute Gasteiger partial charge is 0.384 e. The predicted octanol–water partition coefficient (Wildman–Crippen LogP) is 1.39. The number of piperidine rings is 1. The quantitative estimate of drug-likeness (QED) is 0.742. The Morgan fingerprint density at radius 2 is 1.87 bits per heavy atom. The van der Waals surface area contributed by atoms with Gasteiger partial charge in [-0.25, -0.2) is 0 Å². The smallest absolute Gasteiger partial charge is 0.0531 e. The number of rotatable bonds is 4. The fraction of sp³-hybridized carbons (Fsp3) is 1.00. The Morgan fingerprint density at radius 1 is 1.27 bits per heavy atom. The molecule has 90 valence electrons. The first kappa shape index (κ1) is 12.9. The van der Waals surface area contributed by atoms with E-state index in [1.165, 1.54) is 12.8 Å². The molecule has 0 radical (unpaired) electrons. The van der Waals surface area contributed by atoms with Gasteiger partial charge in [0.15, 0.2) is 0 Å². The average Bonchev–Trinajstić information content (AvgIpc) is 2.16. The second-order valence-corrected chi connectivity index (χ2v) is 5.79. The lowest BCUT2D eigenvalue weighted by atomic mass is 9.79. The van der Waals surface area contributed by atoms with E-state index in [2.05, 4.69) is 31.4 Å². The summed E-state index contributed by atoms with van der Waals surface area (Å²) in [5.74, 6) is 0. The van der Waals surface area contributed by atoms with Gasteiger partial charge in [0.25, 0.3) is 0 Å². The van der Waals surface area contributed by atoms with Crippen LogP contribution in [-0.2, 0) is 4.74 Å². The van der Waals surface area contributed by atoms with E-state index in [4.69, 9.17) is 4.74 Å². The molecule has 0 aromatic rings. The summed E-state index contributed by atoms with van der Waals surface area (Å²) >= 11 is 0. The molecule has 1 aliphatic heterocycles. The molecule has 0 aromatic carbocycles. The van der Waals surface area contributed by atoms with Gasteiger partial charge >= 0.3 is 0 Å². The van der Waals surface area contributed by atoms with Crippen LogP contribution in [0.3, 0.4) is 0 Å². The minimum atomic E-state index is 0.200. The molecule has 3 heteroatoms. The topological polar surface area (TPSA) is 33.3 Å². The molecule has 0 aliphatic carbocycles. The molecule has 1 fully saturated rings. The van der Waals surface area contributed by atoms with Gasteiger partial charge in [-0.1, -0.05) is 0 Å². The van der Waals surface area contributed by atoms with Gasteiger partial charge in [-0.05, 0) is 46.7 Å². The third-order valence-corrected chi connectivity index (χ3v) is 3.11. The van der Waals surface area contributed by atoms with Crippen molar-refractivity contribution in [1.82, 2.24) is 10.6 Å². The van der Waals surface area contributed by atoms with Crippen molar-refractivity contribution in [3.63, 3.8) is 0 Å². The zero-order chi connectivity index (χ0) is 11.4. The van der Waals surface area contributed by atoms with Crippen molar-refractivity contribution >= 4 is 0 Å². The maximum atomic E-state index is 5.38. The third kappa shape index (κ3) is 4.49.